The van der Waals surface area contributed by atoms with E-state index in [-0.39, 0.29) is 17.9 Å². The van der Waals surface area contributed by atoms with Crippen molar-refractivity contribution in [1.29, 1.82) is 0 Å². The lowest BCUT2D eigenvalue weighted by Gasteiger charge is -2.58. The Hall–Kier alpha value is -0.770. The summed E-state index contributed by atoms with van der Waals surface area (Å²) in [7, 11) is 1.59. The number of amides is 2. The number of carbonyl (C=O) groups excluding carboxylic acids is 1. The van der Waals surface area contributed by atoms with Gasteiger partial charge in [0, 0.05) is 18.9 Å². The van der Waals surface area contributed by atoms with Crippen LogP contribution in [0.15, 0.2) is 0 Å². The first-order valence-electron chi connectivity index (χ1n) is 6.34. The molecule has 4 nitrogen and oxygen atoms in total. The number of rotatable bonds is 1. The third-order valence-electron chi connectivity index (χ3n) is 4.92. The zero-order valence-corrected chi connectivity index (χ0v) is 9.70. The second-order valence-corrected chi connectivity index (χ2v) is 5.83. The molecule has 16 heavy (non-hydrogen) atoms. The van der Waals surface area contributed by atoms with E-state index in [0.29, 0.717) is 0 Å². The molecule has 90 valence electrons. The van der Waals surface area contributed by atoms with Gasteiger partial charge in [-0.2, -0.15) is 0 Å². The van der Waals surface area contributed by atoms with Gasteiger partial charge < -0.3 is 15.7 Å². The average Bonchev–Trinajstić information content (AvgIpc) is 2.25. The highest BCUT2D eigenvalue weighted by Gasteiger charge is 2.57. The van der Waals surface area contributed by atoms with Crippen molar-refractivity contribution < 1.29 is 9.90 Å². The molecule has 0 aromatic rings. The van der Waals surface area contributed by atoms with Crippen molar-refractivity contribution in [2.24, 2.45) is 23.7 Å². The minimum Gasteiger partial charge on any atom is -0.370 e. The van der Waals surface area contributed by atoms with Crippen molar-refractivity contribution in [3.05, 3.63) is 0 Å². The smallest absolute Gasteiger partial charge is 0.316 e. The van der Waals surface area contributed by atoms with Gasteiger partial charge in [0.1, 0.15) is 5.72 Å². The highest BCUT2D eigenvalue weighted by Crippen LogP contribution is 2.57. The maximum absolute atomic E-state index is 11.4. The van der Waals surface area contributed by atoms with E-state index in [9.17, 15) is 9.90 Å². The van der Waals surface area contributed by atoms with Gasteiger partial charge in [-0.15, -0.1) is 0 Å². The third kappa shape index (κ3) is 1.35. The van der Waals surface area contributed by atoms with Crippen LogP contribution in [0.1, 0.15) is 32.1 Å². The molecule has 4 bridgehead atoms. The maximum Gasteiger partial charge on any atom is 0.316 e. The number of hydrogen-bond acceptors (Lipinski definition) is 2. The summed E-state index contributed by atoms with van der Waals surface area (Å²) in [5.41, 5.74) is -0.937. The highest BCUT2D eigenvalue weighted by atomic mass is 16.3. The first-order valence-corrected chi connectivity index (χ1v) is 6.34. The molecule has 2 amide bonds. The van der Waals surface area contributed by atoms with E-state index in [2.05, 4.69) is 10.6 Å². The van der Waals surface area contributed by atoms with Gasteiger partial charge >= 0.3 is 6.03 Å². The Bertz CT molecular complexity index is 288. The molecule has 4 heteroatoms. The Labute approximate surface area is 95.8 Å². The molecule has 0 aromatic carbocycles. The highest BCUT2D eigenvalue weighted by molar-refractivity contribution is 5.74. The van der Waals surface area contributed by atoms with Gasteiger partial charge in [0.25, 0.3) is 0 Å². The summed E-state index contributed by atoms with van der Waals surface area (Å²) in [5, 5.41) is 16.1. The molecule has 0 atom stereocenters. The van der Waals surface area contributed by atoms with Crippen LogP contribution >= 0.6 is 0 Å². The molecule has 0 heterocycles. The predicted molar refractivity (Wildman–Crippen MR) is 59.6 cm³/mol. The van der Waals surface area contributed by atoms with Crippen LogP contribution in [-0.4, -0.2) is 23.9 Å². The molecular weight excluding hydrogens is 204 g/mol. The van der Waals surface area contributed by atoms with Crippen molar-refractivity contribution in [2.75, 3.05) is 7.05 Å². The molecule has 0 saturated heterocycles. The fraction of sp³-hybridized carbons (Fsp3) is 0.917. The number of aliphatic hydroxyl groups is 1. The summed E-state index contributed by atoms with van der Waals surface area (Å²) in [5.74, 6) is 2.16. The standard InChI is InChI=1S/C12H20N2O2/c1-13-11(15)14-12(16)9-3-7-2-8(5-9)6-10(12)4-7/h7-10,16H,2-6H2,1H3,(H2,13,14,15). The number of hydrogen-bond donors (Lipinski definition) is 3. The molecule has 4 fully saturated rings. The van der Waals surface area contributed by atoms with Gasteiger partial charge in [0.2, 0.25) is 0 Å². The second-order valence-electron chi connectivity index (χ2n) is 5.83. The van der Waals surface area contributed by atoms with Crippen LogP contribution in [0.2, 0.25) is 0 Å². The molecule has 0 unspecified atom stereocenters. The van der Waals surface area contributed by atoms with Crippen molar-refractivity contribution >= 4 is 6.03 Å². The van der Waals surface area contributed by atoms with E-state index in [4.69, 9.17) is 0 Å². The molecule has 0 aromatic heterocycles. The molecule has 4 rings (SSSR count). The lowest BCUT2D eigenvalue weighted by Crippen LogP contribution is -2.67. The van der Waals surface area contributed by atoms with E-state index in [1.54, 1.807) is 7.05 Å². The van der Waals surface area contributed by atoms with Crippen LogP contribution in [0.5, 0.6) is 0 Å². The quantitative estimate of drug-likeness (QED) is 0.583. The van der Waals surface area contributed by atoms with E-state index in [1.807, 2.05) is 0 Å². The third-order valence-corrected chi connectivity index (χ3v) is 4.92. The van der Waals surface area contributed by atoms with Gasteiger partial charge in [0.05, 0.1) is 0 Å². The summed E-state index contributed by atoms with van der Waals surface area (Å²) in [6, 6.07) is -0.255. The van der Waals surface area contributed by atoms with Crippen LogP contribution in [0.3, 0.4) is 0 Å². The summed E-state index contributed by atoms with van der Waals surface area (Å²) in [6.45, 7) is 0. The number of nitrogens with one attached hydrogen (secondary N) is 2. The second kappa shape index (κ2) is 3.36. The fourth-order valence-corrected chi connectivity index (χ4v) is 4.35. The lowest BCUT2D eigenvalue weighted by atomic mass is 9.52. The van der Waals surface area contributed by atoms with Crippen molar-refractivity contribution in [3.8, 4) is 0 Å². The molecule has 4 saturated carbocycles. The minimum absolute atomic E-state index is 0.255. The Morgan fingerprint density at radius 1 is 1.12 bits per heavy atom. The minimum atomic E-state index is -0.937. The predicted octanol–water partition coefficient (Wildman–Crippen LogP) is 1.06. The molecule has 4 aliphatic carbocycles. The molecule has 0 aliphatic heterocycles. The first kappa shape index (κ1) is 10.4. The molecule has 3 N–H and O–H groups in total. The van der Waals surface area contributed by atoms with Crippen LogP contribution < -0.4 is 10.6 Å². The van der Waals surface area contributed by atoms with Crippen molar-refractivity contribution in [2.45, 2.75) is 37.8 Å². The average molecular weight is 224 g/mol. The SMILES string of the molecule is CNC(=O)NC1(O)C2CC3CC(C2)CC1C3. The first-order chi connectivity index (χ1) is 7.61. The Morgan fingerprint density at radius 3 is 2.06 bits per heavy atom. The Morgan fingerprint density at radius 2 is 1.62 bits per heavy atom. The van der Waals surface area contributed by atoms with Gasteiger partial charge in [-0.05, 0) is 43.9 Å². The number of carbonyl (C=O) groups is 1. The largest absolute Gasteiger partial charge is 0.370 e. The molecule has 0 spiro atoms. The number of urea groups is 1. The zero-order chi connectivity index (χ0) is 11.3. The van der Waals surface area contributed by atoms with Gasteiger partial charge in [-0.3, -0.25) is 0 Å². The molecule has 4 aliphatic rings. The summed E-state index contributed by atoms with van der Waals surface area (Å²) >= 11 is 0. The van der Waals surface area contributed by atoms with E-state index < -0.39 is 5.72 Å². The van der Waals surface area contributed by atoms with Crippen molar-refractivity contribution in [1.82, 2.24) is 10.6 Å². The molecule has 0 radical (unpaired) electrons. The molecular formula is C12H20N2O2. The summed E-state index contributed by atoms with van der Waals surface area (Å²) in [4.78, 5) is 11.4. The summed E-state index contributed by atoms with van der Waals surface area (Å²) in [6.07, 6.45) is 5.71. The van der Waals surface area contributed by atoms with E-state index in [1.165, 1.54) is 6.42 Å². The Kier molecular flexibility index (Phi) is 2.18. The van der Waals surface area contributed by atoms with Crippen LogP contribution in [0.4, 0.5) is 4.79 Å². The van der Waals surface area contributed by atoms with E-state index >= 15 is 0 Å². The topological polar surface area (TPSA) is 61.4 Å². The maximum atomic E-state index is 11.4. The van der Waals surface area contributed by atoms with E-state index in [0.717, 1.165) is 37.5 Å². The van der Waals surface area contributed by atoms with Crippen molar-refractivity contribution in [3.63, 3.8) is 0 Å². The van der Waals surface area contributed by atoms with Gasteiger partial charge in [0.15, 0.2) is 0 Å². The van der Waals surface area contributed by atoms with Gasteiger partial charge in [-0.1, -0.05) is 0 Å². The van der Waals surface area contributed by atoms with Crippen LogP contribution in [0, 0.1) is 23.7 Å². The Balaban J connectivity index is 1.82. The lowest BCUT2D eigenvalue weighted by molar-refractivity contribution is -0.183. The van der Waals surface area contributed by atoms with Crippen LogP contribution in [-0.2, 0) is 0 Å². The van der Waals surface area contributed by atoms with Gasteiger partial charge in [-0.25, -0.2) is 4.79 Å². The fourth-order valence-electron chi connectivity index (χ4n) is 4.35. The monoisotopic (exact) mass is 224 g/mol. The summed E-state index contributed by atoms with van der Waals surface area (Å²) < 4.78 is 0. The normalized spacial score (nSPS) is 49.1. The zero-order valence-electron chi connectivity index (χ0n) is 9.70. The van der Waals surface area contributed by atoms with Crippen LogP contribution in [0.25, 0.3) is 0 Å².